The average molecular weight is 1110 g/mol. The standard InChI is InChI=1S/C80H46N6O/c81-47-65-66(48-82)78(86-70-34-18-13-29-58(70)63-45-64-59-30-14-19-35-75(59)87-76(64)46-74(63)86)80(85-69-33-17-12-28-57(69)62-44-54(38-41-73(62)85)51-24-8-3-9-25-51)79(84-68-32-16-11-27-56(68)61-43-53(37-40-72(61)84)50-22-6-2-7-23-50)77(65)83-67-31-15-10-26-55(67)60-42-52(36-39-71(60)83)49-20-4-1-5-21-49/h1-46H. The molecule has 0 saturated heterocycles. The third kappa shape index (κ3) is 6.97. The van der Waals surface area contributed by atoms with Gasteiger partial charge in [0.1, 0.15) is 23.3 Å². The molecule has 0 unspecified atom stereocenters. The highest BCUT2D eigenvalue weighted by Crippen LogP contribution is 2.51. The largest absolute Gasteiger partial charge is 0.456 e. The lowest BCUT2D eigenvalue weighted by Crippen LogP contribution is -2.17. The van der Waals surface area contributed by atoms with Crippen LogP contribution < -0.4 is 0 Å². The first-order valence-electron chi connectivity index (χ1n) is 29.3. The topological polar surface area (TPSA) is 80.4 Å². The zero-order valence-corrected chi connectivity index (χ0v) is 46.6. The van der Waals surface area contributed by atoms with Crippen LogP contribution in [0.3, 0.4) is 0 Å². The third-order valence-corrected chi connectivity index (χ3v) is 18.0. The molecule has 0 radical (unpaired) electrons. The molecule has 0 fully saturated rings. The highest BCUT2D eigenvalue weighted by Gasteiger charge is 2.35. The van der Waals surface area contributed by atoms with E-state index in [4.69, 9.17) is 4.42 Å². The lowest BCUT2D eigenvalue weighted by molar-refractivity contribution is 0.669. The van der Waals surface area contributed by atoms with Crippen molar-refractivity contribution in [2.45, 2.75) is 0 Å². The first-order valence-corrected chi connectivity index (χ1v) is 29.3. The summed E-state index contributed by atoms with van der Waals surface area (Å²) in [7, 11) is 0. The molecule has 13 aromatic carbocycles. The number of rotatable bonds is 7. The van der Waals surface area contributed by atoms with E-state index in [9.17, 15) is 10.5 Å². The van der Waals surface area contributed by atoms with E-state index in [1.807, 2.05) is 24.3 Å². The number of furan rings is 1. The SMILES string of the molecule is N#Cc1c(C#N)c(-n2c3ccccc3c3cc4c(cc32)oc2ccccc24)c(-n2c3ccccc3c3cc(-c4ccccc4)ccc32)c(-n2c3ccccc3c3cc(-c4ccccc4)ccc32)c1-n1c2ccccc2c2cc(-c3ccccc3)ccc21. The van der Waals surface area contributed by atoms with Crippen LogP contribution in [0.4, 0.5) is 0 Å². The summed E-state index contributed by atoms with van der Waals surface area (Å²) in [6, 6.07) is 104. The number of aromatic nitrogens is 4. The summed E-state index contributed by atoms with van der Waals surface area (Å²) < 4.78 is 16.1. The van der Waals surface area contributed by atoms with Crippen molar-refractivity contribution in [1.29, 1.82) is 10.5 Å². The maximum Gasteiger partial charge on any atom is 0.137 e. The molecule has 87 heavy (non-hydrogen) atoms. The Labute approximate surface area is 498 Å². The van der Waals surface area contributed by atoms with Gasteiger partial charge in [-0.3, -0.25) is 0 Å². The molecule has 0 spiro atoms. The highest BCUT2D eigenvalue weighted by atomic mass is 16.3. The van der Waals surface area contributed by atoms with E-state index in [0.29, 0.717) is 22.6 Å². The van der Waals surface area contributed by atoms with Gasteiger partial charge in [0, 0.05) is 59.9 Å². The Hall–Kier alpha value is -12.2. The molecule has 5 heterocycles. The fourth-order valence-electron chi connectivity index (χ4n) is 14.3. The predicted molar refractivity (Wildman–Crippen MR) is 357 cm³/mol. The molecule has 0 atom stereocenters. The fraction of sp³-hybridized carbons (Fsp3) is 0. The Bertz CT molecular complexity index is 6020. The van der Waals surface area contributed by atoms with Crippen LogP contribution in [0.5, 0.6) is 0 Å². The van der Waals surface area contributed by atoms with E-state index in [0.717, 1.165) is 143 Å². The minimum atomic E-state index is 0.226. The lowest BCUT2D eigenvalue weighted by atomic mass is 9.98. The molecule has 0 aliphatic heterocycles. The lowest BCUT2D eigenvalue weighted by Gasteiger charge is -2.27. The van der Waals surface area contributed by atoms with Crippen molar-refractivity contribution in [2.24, 2.45) is 0 Å². The van der Waals surface area contributed by atoms with Gasteiger partial charge in [0.05, 0.1) is 78.0 Å². The van der Waals surface area contributed by atoms with Gasteiger partial charge in [0.15, 0.2) is 0 Å². The van der Waals surface area contributed by atoms with E-state index >= 15 is 0 Å². The minimum Gasteiger partial charge on any atom is -0.456 e. The first kappa shape index (κ1) is 48.4. The second-order valence-corrected chi connectivity index (χ2v) is 22.5. The third-order valence-electron chi connectivity index (χ3n) is 18.0. The summed E-state index contributed by atoms with van der Waals surface area (Å²) >= 11 is 0. The van der Waals surface area contributed by atoms with Gasteiger partial charge in [-0.1, -0.05) is 200 Å². The molecule has 5 aromatic heterocycles. The van der Waals surface area contributed by atoms with Crippen molar-refractivity contribution in [3.05, 3.63) is 290 Å². The first-order chi connectivity index (χ1) is 43.1. The Balaban J connectivity index is 1.11. The predicted octanol–water partition coefficient (Wildman–Crippen LogP) is 20.7. The summed E-state index contributed by atoms with van der Waals surface area (Å²) in [5.41, 5.74) is 18.3. The number of hydrogen-bond acceptors (Lipinski definition) is 3. The molecular weight excluding hydrogens is 1060 g/mol. The van der Waals surface area contributed by atoms with Crippen LogP contribution in [0, 0.1) is 22.7 Å². The molecule has 0 saturated carbocycles. The van der Waals surface area contributed by atoms with Crippen LogP contribution in [0.2, 0.25) is 0 Å². The van der Waals surface area contributed by atoms with Crippen molar-refractivity contribution in [3.8, 4) is 68.3 Å². The Morgan fingerprint density at radius 2 is 0.529 bits per heavy atom. The molecule has 0 amide bonds. The summed E-state index contributed by atoms with van der Waals surface area (Å²) in [5, 5.41) is 35.4. The van der Waals surface area contributed by atoms with Crippen molar-refractivity contribution >= 4 is 109 Å². The number of nitrogens with zero attached hydrogens (tertiary/aromatic N) is 6. The van der Waals surface area contributed by atoms with Gasteiger partial charge >= 0.3 is 0 Å². The molecule has 18 aromatic rings. The molecule has 402 valence electrons. The number of nitriles is 2. The Morgan fingerprint density at radius 3 is 0.920 bits per heavy atom. The zero-order valence-electron chi connectivity index (χ0n) is 46.6. The number of benzene rings is 13. The van der Waals surface area contributed by atoms with E-state index in [1.54, 1.807) is 0 Å². The van der Waals surface area contributed by atoms with Crippen molar-refractivity contribution < 1.29 is 4.42 Å². The van der Waals surface area contributed by atoms with Crippen LogP contribution in [0.25, 0.3) is 165 Å². The van der Waals surface area contributed by atoms with Crippen LogP contribution in [0.1, 0.15) is 11.1 Å². The Morgan fingerprint density at radius 1 is 0.218 bits per heavy atom. The van der Waals surface area contributed by atoms with Gasteiger partial charge in [0.25, 0.3) is 0 Å². The minimum absolute atomic E-state index is 0.226. The van der Waals surface area contributed by atoms with Gasteiger partial charge < -0.3 is 22.7 Å². The number of para-hydroxylation sites is 5. The summed E-state index contributed by atoms with van der Waals surface area (Å²) in [4.78, 5) is 0. The zero-order chi connectivity index (χ0) is 57.4. The van der Waals surface area contributed by atoms with Crippen molar-refractivity contribution in [2.75, 3.05) is 0 Å². The highest BCUT2D eigenvalue weighted by molar-refractivity contribution is 6.20. The van der Waals surface area contributed by atoms with Crippen molar-refractivity contribution in [1.82, 2.24) is 18.3 Å². The van der Waals surface area contributed by atoms with E-state index < -0.39 is 0 Å². The number of fused-ring (bicyclic) bond motifs is 15. The molecule has 7 nitrogen and oxygen atoms in total. The smallest absolute Gasteiger partial charge is 0.137 e. The maximum atomic E-state index is 12.6. The van der Waals surface area contributed by atoms with Crippen LogP contribution in [-0.2, 0) is 0 Å². The average Bonchev–Trinajstić information content (AvgIpc) is 1.63. The molecule has 18 rings (SSSR count). The molecule has 0 N–H and O–H groups in total. The van der Waals surface area contributed by atoms with Crippen LogP contribution in [-0.4, -0.2) is 18.3 Å². The van der Waals surface area contributed by atoms with Gasteiger partial charge in [-0.2, -0.15) is 10.5 Å². The van der Waals surface area contributed by atoms with Gasteiger partial charge in [0.2, 0.25) is 0 Å². The molecule has 0 aliphatic carbocycles. The van der Waals surface area contributed by atoms with E-state index in [1.165, 1.54) is 0 Å². The maximum absolute atomic E-state index is 12.6. The summed E-state index contributed by atoms with van der Waals surface area (Å²) in [6.07, 6.45) is 0. The Kier molecular flexibility index (Phi) is 10.4. The second-order valence-electron chi connectivity index (χ2n) is 22.5. The quantitative estimate of drug-likeness (QED) is 0.159. The van der Waals surface area contributed by atoms with Gasteiger partial charge in [-0.25, -0.2) is 0 Å². The van der Waals surface area contributed by atoms with Crippen LogP contribution in [0.15, 0.2) is 283 Å². The molecule has 7 heteroatoms. The van der Waals surface area contributed by atoms with Gasteiger partial charge in [-0.15, -0.1) is 0 Å². The monoisotopic (exact) mass is 1110 g/mol. The summed E-state index contributed by atoms with van der Waals surface area (Å²) in [6.45, 7) is 0. The van der Waals surface area contributed by atoms with Gasteiger partial charge in [-0.05, 0) is 106 Å². The van der Waals surface area contributed by atoms with E-state index in [2.05, 4.69) is 285 Å². The normalized spacial score (nSPS) is 11.9. The molecular formula is C80H46N6O. The molecule has 0 bridgehead atoms. The fourth-order valence-corrected chi connectivity index (χ4v) is 14.3. The van der Waals surface area contributed by atoms with E-state index in [-0.39, 0.29) is 11.1 Å². The van der Waals surface area contributed by atoms with Crippen LogP contribution >= 0.6 is 0 Å². The molecule has 0 aliphatic rings. The second kappa shape index (κ2) is 18.7. The summed E-state index contributed by atoms with van der Waals surface area (Å²) in [5.74, 6) is 0. The van der Waals surface area contributed by atoms with Crippen molar-refractivity contribution in [3.63, 3.8) is 0 Å². The number of hydrogen-bond donors (Lipinski definition) is 0.